The molecule has 1 aromatic carbocycles. The van der Waals surface area contributed by atoms with Crippen LogP contribution in [0.4, 0.5) is 8.78 Å². The number of carbonyl (C=O) groups is 1. The molecule has 4 rings (SSSR count). The van der Waals surface area contributed by atoms with Crippen LogP contribution in [0.15, 0.2) is 18.2 Å². The first-order chi connectivity index (χ1) is 12.9. The van der Waals surface area contributed by atoms with Crippen LogP contribution in [0.2, 0.25) is 0 Å². The van der Waals surface area contributed by atoms with Gasteiger partial charge in [0, 0.05) is 22.6 Å². The Kier molecular flexibility index (Phi) is 3.85. The number of hydrogen-bond acceptors (Lipinski definition) is 2. The lowest BCUT2D eigenvalue weighted by Crippen LogP contribution is -2.41. The molecule has 150 valence electrons. The summed E-state index contributed by atoms with van der Waals surface area (Å²) in [6.45, 7) is 12.3. The van der Waals surface area contributed by atoms with Crippen molar-refractivity contribution < 1.29 is 13.6 Å². The molecule has 2 aliphatic carbocycles. The highest BCUT2D eigenvalue weighted by Crippen LogP contribution is 2.68. The van der Waals surface area contributed by atoms with Gasteiger partial charge in [-0.25, -0.2) is 13.5 Å². The van der Waals surface area contributed by atoms with Crippen LogP contribution < -0.4 is 5.32 Å². The molecule has 0 aliphatic heterocycles. The van der Waals surface area contributed by atoms with Crippen molar-refractivity contribution in [1.29, 1.82) is 0 Å². The molecule has 1 saturated carbocycles. The molecule has 0 unspecified atom stereocenters. The minimum Gasteiger partial charge on any atom is -0.346 e. The third-order valence-corrected chi connectivity index (χ3v) is 6.86. The summed E-state index contributed by atoms with van der Waals surface area (Å²) in [5.74, 6) is -1.39. The second kappa shape index (κ2) is 5.65. The van der Waals surface area contributed by atoms with Crippen molar-refractivity contribution in [3.63, 3.8) is 0 Å². The number of amides is 1. The van der Waals surface area contributed by atoms with Gasteiger partial charge in [-0.2, -0.15) is 5.10 Å². The molecule has 28 heavy (non-hydrogen) atoms. The summed E-state index contributed by atoms with van der Waals surface area (Å²) in [4.78, 5) is 13.1. The summed E-state index contributed by atoms with van der Waals surface area (Å²) >= 11 is 0. The van der Waals surface area contributed by atoms with E-state index < -0.39 is 17.2 Å². The smallest absolute Gasteiger partial charge is 0.272 e. The van der Waals surface area contributed by atoms with E-state index in [1.807, 2.05) is 20.8 Å². The first-order valence-electron chi connectivity index (χ1n) is 9.78. The molecule has 4 nitrogen and oxygen atoms in total. The summed E-state index contributed by atoms with van der Waals surface area (Å²) in [6.07, 6.45) is 1.93. The van der Waals surface area contributed by atoms with E-state index in [1.54, 1.807) is 4.68 Å². The summed E-state index contributed by atoms with van der Waals surface area (Å²) in [5, 5.41) is 7.55. The highest BCUT2D eigenvalue weighted by atomic mass is 19.1. The summed E-state index contributed by atoms with van der Waals surface area (Å²) in [5.41, 5.74) is 1.62. The van der Waals surface area contributed by atoms with E-state index >= 15 is 0 Å². The molecule has 1 N–H and O–H groups in total. The Balaban J connectivity index is 1.97. The highest BCUT2D eigenvalue weighted by molar-refractivity contribution is 5.95. The maximum atomic E-state index is 14.6. The zero-order valence-electron chi connectivity index (χ0n) is 17.3. The van der Waals surface area contributed by atoms with Crippen LogP contribution in [0.5, 0.6) is 0 Å². The Morgan fingerprint density at radius 3 is 2.54 bits per heavy atom. The molecular formula is C22H27F2N3O. The van der Waals surface area contributed by atoms with Gasteiger partial charge in [-0.3, -0.25) is 4.79 Å². The van der Waals surface area contributed by atoms with Crippen LogP contribution in [0.3, 0.4) is 0 Å². The van der Waals surface area contributed by atoms with Crippen molar-refractivity contribution in [3.05, 3.63) is 46.8 Å². The zero-order chi connectivity index (χ0) is 20.6. The fourth-order valence-electron chi connectivity index (χ4n) is 5.12. The molecule has 0 spiro atoms. The Hall–Kier alpha value is -2.24. The molecule has 0 saturated heterocycles. The first-order valence-corrected chi connectivity index (χ1v) is 9.78. The molecule has 6 heteroatoms. The quantitative estimate of drug-likeness (QED) is 0.800. The van der Waals surface area contributed by atoms with Crippen LogP contribution in [0, 0.1) is 17.0 Å². The van der Waals surface area contributed by atoms with E-state index in [-0.39, 0.29) is 28.3 Å². The van der Waals surface area contributed by atoms with Crippen molar-refractivity contribution in [2.75, 3.05) is 0 Å². The fraction of sp³-hybridized carbons (Fsp3) is 0.545. The van der Waals surface area contributed by atoms with Crippen molar-refractivity contribution in [1.82, 2.24) is 15.1 Å². The molecule has 2 bridgehead atoms. The Labute approximate surface area is 164 Å². The van der Waals surface area contributed by atoms with Gasteiger partial charge >= 0.3 is 0 Å². The number of fused-ring (bicyclic) bond motifs is 5. The standard InChI is InChI=1S/C22H27F2N3O/c1-20(2,3)25-19(28)17-16-13-9-10-22(6,21(13,4)5)18(16)27(26-17)15-8-7-12(23)11-14(15)24/h7-8,11,13H,9-10H2,1-6H3,(H,25,28)/t13-,22+/m0/s1. The highest BCUT2D eigenvalue weighted by Gasteiger charge is 2.63. The zero-order valence-corrected chi connectivity index (χ0v) is 17.3. The first kappa shape index (κ1) is 19.1. The molecule has 1 heterocycles. The van der Waals surface area contributed by atoms with E-state index in [4.69, 9.17) is 0 Å². The molecule has 2 aromatic rings. The third kappa shape index (κ3) is 2.46. The number of benzene rings is 1. The monoisotopic (exact) mass is 387 g/mol. The van der Waals surface area contributed by atoms with Gasteiger partial charge in [0.1, 0.15) is 11.5 Å². The van der Waals surface area contributed by atoms with Crippen LogP contribution in [-0.4, -0.2) is 21.2 Å². The maximum absolute atomic E-state index is 14.6. The minimum atomic E-state index is -0.683. The van der Waals surface area contributed by atoms with Gasteiger partial charge < -0.3 is 5.32 Å². The second-order valence-electron chi connectivity index (χ2n) is 9.97. The number of aromatic nitrogens is 2. The lowest BCUT2D eigenvalue weighted by Gasteiger charge is -2.35. The number of carbonyl (C=O) groups excluding carboxylic acids is 1. The average Bonchev–Trinajstić information content (AvgIpc) is 3.09. The van der Waals surface area contributed by atoms with Gasteiger partial charge in [0.2, 0.25) is 0 Å². The van der Waals surface area contributed by atoms with Gasteiger partial charge in [0.05, 0.1) is 5.69 Å². The van der Waals surface area contributed by atoms with Crippen LogP contribution in [0.25, 0.3) is 5.69 Å². The number of nitrogens with zero attached hydrogens (tertiary/aromatic N) is 2. The lowest BCUT2D eigenvalue weighted by atomic mass is 9.70. The van der Waals surface area contributed by atoms with Crippen LogP contribution >= 0.6 is 0 Å². The van der Waals surface area contributed by atoms with E-state index in [1.165, 1.54) is 12.1 Å². The average molecular weight is 387 g/mol. The fourth-order valence-corrected chi connectivity index (χ4v) is 5.12. The number of hydrogen-bond donors (Lipinski definition) is 1. The normalized spacial score (nSPS) is 25.1. The van der Waals surface area contributed by atoms with Gasteiger partial charge in [0.15, 0.2) is 11.5 Å². The largest absolute Gasteiger partial charge is 0.346 e. The second-order valence-corrected chi connectivity index (χ2v) is 9.97. The molecule has 1 aromatic heterocycles. The van der Waals surface area contributed by atoms with E-state index in [9.17, 15) is 13.6 Å². The molecule has 1 fully saturated rings. The van der Waals surface area contributed by atoms with E-state index in [0.29, 0.717) is 5.69 Å². The Bertz CT molecular complexity index is 986. The van der Waals surface area contributed by atoms with Gasteiger partial charge in [0.25, 0.3) is 5.91 Å². The molecule has 0 radical (unpaired) electrons. The van der Waals surface area contributed by atoms with Gasteiger partial charge in [-0.15, -0.1) is 0 Å². The third-order valence-electron chi connectivity index (χ3n) is 6.86. The van der Waals surface area contributed by atoms with Crippen LogP contribution in [-0.2, 0) is 5.41 Å². The predicted octanol–water partition coefficient (Wildman–Crippen LogP) is 4.85. The Morgan fingerprint density at radius 1 is 1.25 bits per heavy atom. The molecule has 2 aliphatic rings. The SMILES string of the molecule is CC(C)(C)NC(=O)c1nn(-c2ccc(F)cc2F)c2c1[C@@H]1CC[C@@]2(C)C1(C)C. The molecule has 1 amide bonds. The number of halogens is 2. The number of nitrogens with one attached hydrogen (secondary N) is 1. The molecule has 2 atom stereocenters. The van der Waals surface area contributed by atoms with Gasteiger partial charge in [-0.1, -0.05) is 20.8 Å². The van der Waals surface area contributed by atoms with E-state index in [0.717, 1.165) is 30.2 Å². The number of rotatable bonds is 2. The van der Waals surface area contributed by atoms with Crippen molar-refractivity contribution in [2.24, 2.45) is 5.41 Å². The topological polar surface area (TPSA) is 46.9 Å². The lowest BCUT2D eigenvalue weighted by molar-refractivity contribution is 0.0911. The summed E-state index contributed by atoms with van der Waals surface area (Å²) in [7, 11) is 0. The van der Waals surface area contributed by atoms with Crippen molar-refractivity contribution in [3.8, 4) is 5.69 Å². The van der Waals surface area contributed by atoms with Crippen molar-refractivity contribution >= 4 is 5.91 Å². The van der Waals surface area contributed by atoms with E-state index in [2.05, 4.69) is 31.2 Å². The maximum Gasteiger partial charge on any atom is 0.272 e. The summed E-state index contributed by atoms with van der Waals surface area (Å²) in [6, 6.07) is 3.48. The predicted molar refractivity (Wildman–Crippen MR) is 104 cm³/mol. The summed E-state index contributed by atoms with van der Waals surface area (Å²) < 4.78 is 29.7. The van der Waals surface area contributed by atoms with Crippen molar-refractivity contribution in [2.45, 2.75) is 71.3 Å². The minimum absolute atomic E-state index is 0.0738. The van der Waals surface area contributed by atoms with Gasteiger partial charge in [-0.05, 0) is 57.1 Å². The molecular weight excluding hydrogens is 360 g/mol. The van der Waals surface area contributed by atoms with Crippen LogP contribution in [0.1, 0.15) is 82.0 Å². The Morgan fingerprint density at radius 2 is 1.93 bits per heavy atom.